The van der Waals surface area contributed by atoms with Gasteiger partial charge in [-0.1, -0.05) is 40.8 Å². The third kappa shape index (κ3) is 5.34. The quantitative estimate of drug-likeness (QED) is 0.379. The van der Waals surface area contributed by atoms with Crippen molar-refractivity contribution < 1.29 is 14.3 Å². The molecule has 1 aliphatic heterocycles. The molecule has 1 aliphatic carbocycles. The van der Waals surface area contributed by atoms with Gasteiger partial charge in [0.15, 0.2) is 10.1 Å². The van der Waals surface area contributed by atoms with Gasteiger partial charge in [-0.15, -0.1) is 10.2 Å². The molecule has 0 radical (unpaired) electrons. The van der Waals surface area contributed by atoms with Crippen LogP contribution >= 0.6 is 34.7 Å². The number of hydrogen-bond donors (Lipinski definition) is 2. The number of methoxy groups -OCH3 is 1. The Bertz CT molecular complexity index is 1550. The Kier molecular flexibility index (Phi) is 7.83. The maximum absolute atomic E-state index is 13.2. The highest BCUT2D eigenvalue weighted by molar-refractivity contribution is 8.01. The van der Waals surface area contributed by atoms with Gasteiger partial charge in [-0.25, -0.2) is 0 Å². The summed E-state index contributed by atoms with van der Waals surface area (Å²) < 4.78 is 5.67. The average Bonchev–Trinajstić information content (AvgIpc) is 3.40. The number of carbonyl (C=O) groups excluding carboxylic acids is 2. The molecule has 0 bridgehead atoms. The Labute approximate surface area is 237 Å². The highest BCUT2D eigenvalue weighted by Gasteiger charge is 2.41. The van der Waals surface area contributed by atoms with Crippen molar-refractivity contribution in [1.29, 1.82) is 5.26 Å². The molecule has 1 unspecified atom stereocenters. The Morgan fingerprint density at radius 2 is 2.21 bits per heavy atom. The van der Waals surface area contributed by atoms with Gasteiger partial charge in [0.2, 0.25) is 11.0 Å². The number of nitrogens with zero attached hydrogens (tertiary/aromatic N) is 5. The number of Topliss-reactive ketones (excluding diaryl/α,β-unsaturated/α-hetero) is 1. The number of amides is 1. The number of nitriles is 1. The Balaban J connectivity index is 1.38. The van der Waals surface area contributed by atoms with E-state index in [-0.39, 0.29) is 28.8 Å². The van der Waals surface area contributed by atoms with E-state index in [9.17, 15) is 14.9 Å². The SMILES string of the molecule is COc1ccc(NC(=O)CSc2nnc(N3C(N)=C(C#N)C(c4cccnc4)C4=C3CCCC4=O)s2)cc1Cl. The van der Waals surface area contributed by atoms with Crippen LogP contribution in [0.3, 0.4) is 0 Å². The number of aromatic nitrogens is 3. The van der Waals surface area contributed by atoms with Crippen LogP contribution in [0, 0.1) is 11.3 Å². The zero-order valence-electron chi connectivity index (χ0n) is 20.7. The lowest BCUT2D eigenvalue weighted by Crippen LogP contribution is -2.38. The van der Waals surface area contributed by atoms with Crippen molar-refractivity contribution >= 4 is 57.2 Å². The number of rotatable bonds is 7. The summed E-state index contributed by atoms with van der Waals surface area (Å²) in [7, 11) is 1.52. The van der Waals surface area contributed by atoms with Gasteiger partial charge >= 0.3 is 0 Å². The lowest BCUT2D eigenvalue weighted by Gasteiger charge is -2.37. The maximum Gasteiger partial charge on any atom is 0.234 e. The van der Waals surface area contributed by atoms with Crippen molar-refractivity contribution in [2.45, 2.75) is 29.5 Å². The first-order chi connectivity index (χ1) is 18.9. The Morgan fingerprint density at radius 3 is 2.92 bits per heavy atom. The monoisotopic (exact) mass is 579 g/mol. The smallest absolute Gasteiger partial charge is 0.234 e. The molecule has 1 atom stereocenters. The summed E-state index contributed by atoms with van der Waals surface area (Å²) in [5, 5.41) is 22.2. The van der Waals surface area contributed by atoms with Gasteiger partial charge in [0.1, 0.15) is 11.6 Å². The van der Waals surface area contributed by atoms with Gasteiger partial charge in [-0.2, -0.15) is 5.26 Å². The van der Waals surface area contributed by atoms with Crippen molar-refractivity contribution in [2.75, 3.05) is 23.1 Å². The van der Waals surface area contributed by atoms with Crippen LogP contribution in [0.25, 0.3) is 0 Å². The molecular weight excluding hydrogens is 558 g/mol. The minimum Gasteiger partial charge on any atom is -0.495 e. The number of pyridine rings is 1. The number of nitrogens with two attached hydrogens (primary N) is 1. The fourth-order valence-electron chi connectivity index (χ4n) is 4.60. The zero-order chi connectivity index (χ0) is 27.5. The molecule has 2 aromatic heterocycles. The van der Waals surface area contributed by atoms with Crippen LogP contribution in [0.1, 0.15) is 30.7 Å². The highest BCUT2D eigenvalue weighted by Crippen LogP contribution is 2.47. The molecule has 3 aromatic rings. The molecule has 39 heavy (non-hydrogen) atoms. The van der Waals surface area contributed by atoms with Crippen LogP contribution in [0.4, 0.5) is 10.8 Å². The summed E-state index contributed by atoms with van der Waals surface area (Å²) >= 11 is 8.58. The number of benzene rings is 1. The summed E-state index contributed by atoms with van der Waals surface area (Å²) in [6.07, 6.45) is 4.96. The molecule has 5 rings (SSSR count). The average molecular weight is 580 g/mol. The largest absolute Gasteiger partial charge is 0.495 e. The van der Waals surface area contributed by atoms with Gasteiger partial charge in [0.05, 0.1) is 35.4 Å². The first-order valence-electron chi connectivity index (χ1n) is 11.9. The number of halogens is 1. The highest BCUT2D eigenvalue weighted by atomic mass is 35.5. The van der Waals surface area contributed by atoms with Crippen LogP contribution < -0.4 is 20.7 Å². The molecule has 3 heterocycles. The van der Waals surface area contributed by atoms with Gasteiger partial charge in [0, 0.05) is 35.8 Å². The van der Waals surface area contributed by atoms with E-state index in [2.05, 4.69) is 26.6 Å². The third-order valence-electron chi connectivity index (χ3n) is 6.28. The van der Waals surface area contributed by atoms with Crippen LogP contribution in [-0.2, 0) is 9.59 Å². The molecule has 0 fully saturated rings. The second kappa shape index (κ2) is 11.4. The fourth-order valence-corrected chi connectivity index (χ4v) is 6.54. The number of anilines is 2. The Hall–Kier alpha value is -3.92. The third-order valence-corrected chi connectivity index (χ3v) is 8.62. The maximum atomic E-state index is 13.2. The van der Waals surface area contributed by atoms with E-state index in [1.165, 1.54) is 30.2 Å². The minimum atomic E-state index is -0.584. The fraction of sp³-hybridized carbons (Fsp3) is 0.231. The molecule has 13 heteroatoms. The molecule has 1 aromatic carbocycles. The van der Waals surface area contributed by atoms with Crippen molar-refractivity contribution in [2.24, 2.45) is 5.73 Å². The lowest BCUT2D eigenvalue weighted by atomic mass is 9.76. The van der Waals surface area contributed by atoms with Gasteiger partial charge in [-0.3, -0.25) is 19.5 Å². The molecule has 3 N–H and O–H groups in total. The minimum absolute atomic E-state index is 0.0234. The van der Waals surface area contributed by atoms with Gasteiger partial charge in [-0.05, 0) is 42.7 Å². The van der Waals surface area contributed by atoms with Crippen LogP contribution in [-0.4, -0.2) is 39.7 Å². The molecule has 2 aliphatic rings. The topological polar surface area (TPSA) is 147 Å². The first kappa shape index (κ1) is 26.7. The van der Waals surface area contributed by atoms with E-state index in [1.54, 1.807) is 41.6 Å². The number of allylic oxidation sites excluding steroid dienone is 3. The summed E-state index contributed by atoms with van der Waals surface area (Å²) in [6, 6.07) is 10.8. The van der Waals surface area contributed by atoms with E-state index >= 15 is 0 Å². The van der Waals surface area contributed by atoms with Crippen LogP contribution in [0.5, 0.6) is 5.75 Å². The number of thioether (sulfide) groups is 1. The van der Waals surface area contributed by atoms with Crippen LogP contribution in [0.2, 0.25) is 5.02 Å². The molecule has 0 saturated carbocycles. The van der Waals surface area contributed by atoms with Crippen molar-refractivity contribution in [3.8, 4) is 11.8 Å². The van der Waals surface area contributed by atoms with Gasteiger partial charge in [0.25, 0.3) is 0 Å². The number of hydrogen-bond acceptors (Lipinski definition) is 11. The summed E-state index contributed by atoms with van der Waals surface area (Å²) in [6.45, 7) is 0. The molecule has 198 valence electrons. The molecule has 0 spiro atoms. The van der Waals surface area contributed by atoms with E-state index in [0.29, 0.717) is 50.8 Å². The zero-order valence-corrected chi connectivity index (χ0v) is 23.1. The number of ketones is 1. The summed E-state index contributed by atoms with van der Waals surface area (Å²) in [5.41, 5.74) is 9.37. The van der Waals surface area contributed by atoms with E-state index in [0.717, 1.165) is 11.3 Å². The number of ether oxygens (including phenoxy) is 1. The van der Waals surface area contributed by atoms with Crippen molar-refractivity contribution in [1.82, 2.24) is 15.2 Å². The predicted molar refractivity (Wildman–Crippen MR) is 149 cm³/mol. The lowest BCUT2D eigenvalue weighted by molar-refractivity contribution is -0.116. The standard InChI is InChI=1S/C26H22ClN7O3S2/c1-37-20-8-7-15(10-17(20)27)31-21(36)13-38-26-33-32-25(39-26)34-18-5-2-6-19(35)23(18)22(16(11-28)24(34)29)14-4-3-9-30-12-14/h3-4,7-10,12,22H,2,5-6,13,29H2,1H3,(H,31,36). The molecule has 1 amide bonds. The second-order valence-corrected chi connectivity index (χ2v) is 11.2. The normalized spacial score (nSPS) is 17.1. The van der Waals surface area contributed by atoms with E-state index in [4.69, 9.17) is 22.1 Å². The van der Waals surface area contributed by atoms with Crippen molar-refractivity contribution in [3.05, 3.63) is 76.0 Å². The Morgan fingerprint density at radius 1 is 1.36 bits per heavy atom. The molecular formula is C26H22ClN7O3S2. The second-order valence-electron chi connectivity index (χ2n) is 8.64. The van der Waals surface area contributed by atoms with Crippen LogP contribution in [0.15, 0.2) is 69.7 Å². The number of nitrogens with one attached hydrogen (secondary N) is 1. The first-order valence-corrected chi connectivity index (χ1v) is 14.0. The van der Waals surface area contributed by atoms with Gasteiger partial charge < -0.3 is 15.8 Å². The van der Waals surface area contributed by atoms with E-state index < -0.39 is 5.92 Å². The molecule has 10 nitrogen and oxygen atoms in total. The summed E-state index contributed by atoms with van der Waals surface area (Å²) in [4.78, 5) is 31.5. The molecule has 0 saturated heterocycles. The summed E-state index contributed by atoms with van der Waals surface area (Å²) in [5.74, 6) is -0.0427. The van der Waals surface area contributed by atoms with E-state index in [1.807, 2.05) is 6.07 Å². The predicted octanol–water partition coefficient (Wildman–Crippen LogP) is 4.63. The number of carbonyl (C=O) groups is 2. The van der Waals surface area contributed by atoms with Crippen molar-refractivity contribution in [3.63, 3.8) is 0 Å².